The van der Waals surface area contributed by atoms with Crippen molar-refractivity contribution >= 4 is 11.4 Å². The number of carbonyl (C=O) groups excluding carboxylic acids is 1. The normalized spacial score (nSPS) is 17.3. The van der Waals surface area contributed by atoms with Gasteiger partial charge in [-0.1, -0.05) is 36.8 Å². The number of carbonyl (C=O) groups is 1. The van der Waals surface area contributed by atoms with Crippen LogP contribution < -0.4 is 10.9 Å². The number of piperidine rings is 1. The molecule has 30 heavy (non-hydrogen) atoms. The smallest absolute Gasteiger partial charge is 0.293 e. The van der Waals surface area contributed by atoms with Gasteiger partial charge < -0.3 is 5.32 Å². The Labute approximate surface area is 175 Å². The molecule has 4 rings (SSSR count). The number of nitrogens with zero attached hydrogens (tertiary/aromatic N) is 5. The maximum absolute atomic E-state index is 12.9. The van der Waals surface area contributed by atoms with Crippen LogP contribution in [0.15, 0.2) is 41.2 Å². The fourth-order valence-electron chi connectivity index (χ4n) is 4.05. The zero-order valence-corrected chi connectivity index (χ0v) is 17.5. The molecule has 0 saturated carbocycles. The average Bonchev–Trinajstić information content (AvgIpc) is 3.20. The molecule has 0 aliphatic carbocycles. The van der Waals surface area contributed by atoms with E-state index in [1.807, 2.05) is 30.3 Å². The molecule has 1 fully saturated rings. The van der Waals surface area contributed by atoms with Gasteiger partial charge in [-0.2, -0.15) is 10.2 Å². The molecule has 8 heteroatoms. The van der Waals surface area contributed by atoms with Crippen molar-refractivity contribution in [1.82, 2.24) is 29.6 Å². The number of aromatic nitrogens is 4. The Morgan fingerprint density at radius 1 is 1.20 bits per heavy atom. The van der Waals surface area contributed by atoms with Crippen molar-refractivity contribution in [3.63, 3.8) is 0 Å². The first-order valence-electron chi connectivity index (χ1n) is 10.6. The lowest BCUT2D eigenvalue weighted by molar-refractivity contribution is -0.122. The highest BCUT2D eigenvalue weighted by atomic mass is 16.2. The number of rotatable bonds is 6. The van der Waals surface area contributed by atoms with Gasteiger partial charge in [0.2, 0.25) is 5.91 Å². The lowest BCUT2D eigenvalue weighted by Gasteiger charge is -2.33. The third kappa shape index (κ3) is 4.28. The fourth-order valence-corrected chi connectivity index (χ4v) is 4.05. The van der Waals surface area contributed by atoms with E-state index in [1.54, 1.807) is 13.0 Å². The van der Waals surface area contributed by atoms with E-state index >= 15 is 0 Å². The number of hydrogen-bond acceptors (Lipinski definition) is 5. The van der Waals surface area contributed by atoms with Crippen LogP contribution in [0.5, 0.6) is 0 Å². The topological polar surface area (TPSA) is 84.5 Å². The van der Waals surface area contributed by atoms with Crippen LogP contribution in [0.3, 0.4) is 0 Å². The molecule has 2 aromatic heterocycles. The molecule has 1 aromatic carbocycles. The van der Waals surface area contributed by atoms with E-state index < -0.39 is 0 Å². The standard InChI is InChI=1S/C22H28N6O2/c1-16-8-6-7-12-26(16)13-11-23-21(29)15-27-22(30)20-14-19(18-9-4-3-5-10-18)25-28(20)17(2)24-27/h3-5,9-10,14,16H,6-8,11-13,15H2,1-2H3,(H,23,29)/t16-/m1/s1. The number of aryl methyl sites for hydroxylation is 1. The molecule has 3 aromatic rings. The maximum atomic E-state index is 12.9. The molecule has 1 aliphatic heterocycles. The first-order valence-corrected chi connectivity index (χ1v) is 10.6. The van der Waals surface area contributed by atoms with Crippen LogP contribution in [0.25, 0.3) is 16.8 Å². The SMILES string of the molecule is Cc1nn(CC(=O)NCCN2CCCC[C@H]2C)c(=O)c2cc(-c3ccccc3)nn12. The van der Waals surface area contributed by atoms with Crippen molar-refractivity contribution in [1.29, 1.82) is 0 Å². The molecule has 0 bridgehead atoms. The van der Waals surface area contributed by atoms with Gasteiger partial charge in [-0.3, -0.25) is 14.5 Å². The van der Waals surface area contributed by atoms with Gasteiger partial charge in [0.05, 0.1) is 5.69 Å². The lowest BCUT2D eigenvalue weighted by Crippen LogP contribution is -2.43. The molecule has 8 nitrogen and oxygen atoms in total. The van der Waals surface area contributed by atoms with Crippen LogP contribution in [-0.2, 0) is 11.3 Å². The number of likely N-dealkylation sites (tertiary alicyclic amines) is 1. The maximum Gasteiger partial charge on any atom is 0.293 e. The highest BCUT2D eigenvalue weighted by molar-refractivity contribution is 5.75. The van der Waals surface area contributed by atoms with Gasteiger partial charge in [-0.25, -0.2) is 9.20 Å². The summed E-state index contributed by atoms with van der Waals surface area (Å²) < 4.78 is 2.76. The predicted molar refractivity (Wildman–Crippen MR) is 115 cm³/mol. The van der Waals surface area contributed by atoms with Crippen molar-refractivity contribution < 1.29 is 4.79 Å². The van der Waals surface area contributed by atoms with Gasteiger partial charge in [-0.05, 0) is 39.3 Å². The summed E-state index contributed by atoms with van der Waals surface area (Å²) >= 11 is 0. The molecule has 1 aliphatic rings. The van der Waals surface area contributed by atoms with Crippen LogP contribution in [0.2, 0.25) is 0 Å². The summed E-state index contributed by atoms with van der Waals surface area (Å²) in [6.07, 6.45) is 3.71. The van der Waals surface area contributed by atoms with Crippen molar-refractivity contribution in [3.05, 3.63) is 52.6 Å². The third-order valence-electron chi connectivity index (χ3n) is 5.76. The number of benzene rings is 1. The Morgan fingerprint density at radius 2 is 2.00 bits per heavy atom. The molecule has 0 radical (unpaired) electrons. The van der Waals surface area contributed by atoms with E-state index in [0.717, 1.165) is 18.7 Å². The van der Waals surface area contributed by atoms with Crippen molar-refractivity contribution in [2.75, 3.05) is 19.6 Å². The zero-order chi connectivity index (χ0) is 21.1. The van der Waals surface area contributed by atoms with Gasteiger partial charge in [-0.15, -0.1) is 0 Å². The van der Waals surface area contributed by atoms with Crippen molar-refractivity contribution in [2.24, 2.45) is 0 Å². The zero-order valence-electron chi connectivity index (χ0n) is 17.5. The third-order valence-corrected chi connectivity index (χ3v) is 5.76. The lowest BCUT2D eigenvalue weighted by atomic mass is 10.0. The summed E-state index contributed by atoms with van der Waals surface area (Å²) in [5.41, 5.74) is 1.72. The molecule has 0 spiro atoms. The van der Waals surface area contributed by atoms with E-state index in [9.17, 15) is 9.59 Å². The van der Waals surface area contributed by atoms with E-state index in [2.05, 4.69) is 27.3 Å². The Morgan fingerprint density at radius 3 is 2.77 bits per heavy atom. The Bertz CT molecular complexity index is 1090. The summed E-state index contributed by atoms with van der Waals surface area (Å²) in [6, 6.07) is 12.0. The van der Waals surface area contributed by atoms with Crippen LogP contribution >= 0.6 is 0 Å². The van der Waals surface area contributed by atoms with Crippen LogP contribution in [0.4, 0.5) is 0 Å². The second-order valence-electron chi connectivity index (χ2n) is 7.93. The molecule has 1 N–H and O–H groups in total. The highest BCUT2D eigenvalue weighted by Gasteiger charge is 2.18. The van der Waals surface area contributed by atoms with Gasteiger partial charge in [0.25, 0.3) is 5.56 Å². The Balaban J connectivity index is 1.45. The van der Waals surface area contributed by atoms with Gasteiger partial charge >= 0.3 is 0 Å². The van der Waals surface area contributed by atoms with E-state index in [1.165, 1.54) is 28.5 Å². The minimum Gasteiger partial charge on any atom is -0.353 e. The van der Waals surface area contributed by atoms with Gasteiger partial charge in [0, 0.05) is 24.7 Å². The number of amides is 1. The summed E-state index contributed by atoms with van der Waals surface area (Å²) in [4.78, 5) is 27.7. The molecule has 3 heterocycles. The van der Waals surface area contributed by atoms with Crippen LogP contribution in [0.1, 0.15) is 32.0 Å². The number of fused-ring (bicyclic) bond motifs is 1. The van der Waals surface area contributed by atoms with Crippen LogP contribution in [-0.4, -0.2) is 55.9 Å². The van der Waals surface area contributed by atoms with E-state index in [-0.39, 0.29) is 18.0 Å². The Hall–Kier alpha value is -3.00. The second kappa shape index (κ2) is 8.79. The quantitative estimate of drug-likeness (QED) is 0.673. The molecule has 1 atom stereocenters. The highest BCUT2D eigenvalue weighted by Crippen LogP contribution is 2.18. The molecular weight excluding hydrogens is 380 g/mol. The number of hydrogen-bond donors (Lipinski definition) is 1. The fraction of sp³-hybridized carbons (Fsp3) is 0.455. The minimum absolute atomic E-state index is 0.0996. The molecular formula is C22H28N6O2. The summed E-state index contributed by atoms with van der Waals surface area (Å²) in [5.74, 6) is 0.350. The molecule has 1 saturated heterocycles. The van der Waals surface area contributed by atoms with Gasteiger partial charge in [0.1, 0.15) is 17.9 Å². The van der Waals surface area contributed by atoms with E-state index in [0.29, 0.717) is 29.6 Å². The van der Waals surface area contributed by atoms with Gasteiger partial charge in [0.15, 0.2) is 0 Å². The first kappa shape index (κ1) is 20.3. The monoisotopic (exact) mass is 408 g/mol. The first-order chi connectivity index (χ1) is 14.5. The Kier molecular flexibility index (Phi) is 5.94. The average molecular weight is 409 g/mol. The summed E-state index contributed by atoms with van der Waals surface area (Å²) in [5, 5.41) is 11.7. The summed E-state index contributed by atoms with van der Waals surface area (Å²) in [7, 11) is 0. The number of nitrogens with one attached hydrogen (secondary N) is 1. The van der Waals surface area contributed by atoms with Crippen molar-refractivity contribution in [3.8, 4) is 11.3 Å². The molecule has 0 unspecified atom stereocenters. The largest absolute Gasteiger partial charge is 0.353 e. The summed E-state index contributed by atoms with van der Waals surface area (Å²) in [6.45, 7) is 6.40. The minimum atomic E-state index is -0.324. The van der Waals surface area contributed by atoms with Crippen molar-refractivity contribution in [2.45, 2.75) is 45.7 Å². The molecule has 1 amide bonds. The predicted octanol–water partition coefficient (Wildman–Crippen LogP) is 1.86. The van der Waals surface area contributed by atoms with E-state index in [4.69, 9.17) is 0 Å². The second-order valence-corrected chi connectivity index (χ2v) is 7.93. The molecule has 158 valence electrons. The van der Waals surface area contributed by atoms with Crippen LogP contribution in [0, 0.1) is 6.92 Å².